The maximum atomic E-state index is 12.7. The number of aryl methyl sites for hydroxylation is 1. The van der Waals surface area contributed by atoms with Gasteiger partial charge in [-0.05, 0) is 25.0 Å². The molecule has 1 aromatic heterocycles. The van der Waals surface area contributed by atoms with E-state index in [2.05, 4.69) is 4.98 Å². The molecule has 1 N–H and O–H groups in total. The van der Waals surface area contributed by atoms with Gasteiger partial charge in [0.2, 0.25) is 5.91 Å². The van der Waals surface area contributed by atoms with Crippen molar-refractivity contribution in [2.75, 3.05) is 7.05 Å². The average Bonchev–Trinajstić information content (AvgIpc) is 2.47. The minimum Gasteiger partial charge on any atom is -0.480 e. The van der Waals surface area contributed by atoms with Crippen molar-refractivity contribution in [1.29, 1.82) is 0 Å². The molecule has 2 heterocycles. The van der Waals surface area contributed by atoms with E-state index in [9.17, 15) is 19.5 Å². The van der Waals surface area contributed by atoms with Crippen LogP contribution in [0.2, 0.25) is 0 Å². The van der Waals surface area contributed by atoms with Crippen molar-refractivity contribution >= 4 is 22.7 Å². The van der Waals surface area contributed by atoms with E-state index in [4.69, 9.17) is 0 Å². The Balaban J connectivity index is 2.24. The number of benzene rings is 1. The standard InChI is InChI=1S/C15H15N3O4/c1-8-4-3-5-9-12(8)14(21)18(15(22)16-9)10-6-7-11(19)17(2)13(10)20/h3-5,10H,6-7H2,1-2H3,(H,16,22). The summed E-state index contributed by atoms with van der Waals surface area (Å²) in [6.07, 6.45) is 0.319. The van der Waals surface area contributed by atoms with Crippen molar-refractivity contribution in [2.24, 2.45) is 0 Å². The number of likely N-dealkylation sites (N-methyl/N-ethyl adjacent to an activating group) is 1. The molecule has 0 spiro atoms. The van der Waals surface area contributed by atoms with Crippen LogP contribution in [0.4, 0.5) is 0 Å². The molecule has 1 atom stereocenters. The van der Waals surface area contributed by atoms with Crippen molar-refractivity contribution in [3.63, 3.8) is 0 Å². The third-order valence-corrected chi connectivity index (χ3v) is 4.05. The van der Waals surface area contributed by atoms with Gasteiger partial charge in [0.05, 0.1) is 10.9 Å². The van der Waals surface area contributed by atoms with E-state index in [1.54, 1.807) is 25.1 Å². The molecule has 1 aliphatic heterocycles. The fourth-order valence-corrected chi connectivity index (χ4v) is 2.81. The number of amides is 2. The third kappa shape index (κ3) is 1.97. The number of carbonyl (C=O) groups excluding carboxylic acids is 2. The SMILES string of the molecule is Cc1cccc2nc(O)n(C3CCC(=O)N(C)C3=O)c(=O)c12. The van der Waals surface area contributed by atoms with Crippen LogP contribution in [0.5, 0.6) is 6.01 Å². The number of carbonyl (C=O) groups is 2. The molecular weight excluding hydrogens is 286 g/mol. The van der Waals surface area contributed by atoms with Gasteiger partial charge in [-0.15, -0.1) is 0 Å². The molecule has 1 saturated heterocycles. The van der Waals surface area contributed by atoms with Crippen molar-refractivity contribution < 1.29 is 14.7 Å². The molecule has 0 saturated carbocycles. The summed E-state index contributed by atoms with van der Waals surface area (Å²) < 4.78 is 0.987. The summed E-state index contributed by atoms with van der Waals surface area (Å²) in [5.74, 6) is -0.804. The number of aromatic nitrogens is 2. The summed E-state index contributed by atoms with van der Waals surface area (Å²) in [5.41, 5.74) is 0.629. The Hall–Kier alpha value is -2.70. The first-order valence-electron chi connectivity index (χ1n) is 6.93. The highest BCUT2D eigenvalue weighted by atomic mass is 16.3. The first-order valence-corrected chi connectivity index (χ1v) is 6.93. The molecule has 0 aliphatic carbocycles. The van der Waals surface area contributed by atoms with Crippen LogP contribution < -0.4 is 5.56 Å². The first kappa shape index (κ1) is 14.2. The van der Waals surface area contributed by atoms with E-state index in [1.165, 1.54) is 7.05 Å². The molecule has 1 aliphatic rings. The minimum atomic E-state index is -0.910. The Morgan fingerprint density at radius 1 is 1.27 bits per heavy atom. The fourth-order valence-electron chi connectivity index (χ4n) is 2.81. The monoisotopic (exact) mass is 301 g/mol. The van der Waals surface area contributed by atoms with Crippen LogP contribution in [-0.4, -0.2) is 38.4 Å². The summed E-state index contributed by atoms with van der Waals surface area (Å²) in [5, 5.41) is 10.5. The van der Waals surface area contributed by atoms with Gasteiger partial charge in [-0.2, -0.15) is 4.98 Å². The van der Waals surface area contributed by atoms with E-state index < -0.39 is 23.5 Å². The number of nitrogens with zero attached hydrogens (tertiary/aromatic N) is 3. The molecule has 7 heteroatoms. The normalized spacial score (nSPS) is 19.0. The van der Waals surface area contributed by atoms with Crippen molar-refractivity contribution in [3.05, 3.63) is 34.1 Å². The van der Waals surface area contributed by atoms with Gasteiger partial charge in [-0.25, -0.2) is 4.57 Å². The molecular formula is C15H15N3O4. The highest BCUT2D eigenvalue weighted by Gasteiger charge is 2.35. The Labute approximate surface area is 125 Å². The third-order valence-electron chi connectivity index (χ3n) is 4.05. The first-order chi connectivity index (χ1) is 10.4. The van der Waals surface area contributed by atoms with E-state index in [0.29, 0.717) is 10.9 Å². The molecule has 3 rings (SSSR count). The smallest absolute Gasteiger partial charge is 0.297 e. The zero-order chi connectivity index (χ0) is 16.0. The maximum absolute atomic E-state index is 12.7. The van der Waals surface area contributed by atoms with E-state index >= 15 is 0 Å². The van der Waals surface area contributed by atoms with Gasteiger partial charge in [0.1, 0.15) is 6.04 Å². The number of likely N-dealkylation sites (tertiary alicyclic amines) is 1. The fraction of sp³-hybridized carbons (Fsp3) is 0.333. The summed E-state index contributed by atoms with van der Waals surface area (Å²) >= 11 is 0. The number of hydrogen-bond donors (Lipinski definition) is 1. The van der Waals surface area contributed by atoms with Crippen molar-refractivity contribution in [2.45, 2.75) is 25.8 Å². The Bertz CT molecular complexity index is 856. The molecule has 0 bridgehead atoms. The van der Waals surface area contributed by atoms with Gasteiger partial charge in [0.25, 0.3) is 17.5 Å². The molecule has 2 amide bonds. The molecule has 1 aromatic carbocycles. The topological polar surface area (TPSA) is 92.5 Å². The summed E-state index contributed by atoms with van der Waals surface area (Å²) in [6, 6.07) is 3.72. The molecule has 1 fully saturated rings. The molecule has 2 aromatic rings. The van der Waals surface area contributed by atoms with Gasteiger partial charge in [-0.3, -0.25) is 19.3 Å². The van der Waals surface area contributed by atoms with Crippen LogP contribution in [0.1, 0.15) is 24.4 Å². The van der Waals surface area contributed by atoms with Gasteiger partial charge in [0.15, 0.2) is 0 Å². The lowest BCUT2D eigenvalue weighted by Gasteiger charge is -2.29. The van der Waals surface area contributed by atoms with Crippen molar-refractivity contribution in [3.8, 4) is 6.01 Å². The second-order valence-electron chi connectivity index (χ2n) is 5.40. The second kappa shape index (κ2) is 4.94. The van der Waals surface area contributed by atoms with Crippen molar-refractivity contribution in [1.82, 2.24) is 14.5 Å². The van der Waals surface area contributed by atoms with Gasteiger partial charge in [0, 0.05) is 13.5 Å². The van der Waals surface area contributed by atoms with E-state index in [-0.39, 0.29) is 18.7 Å². The van der Waals surface area contributed by atoms with Crippen LogP contribution in [0, 0.1) is 6.92 Å². The van der Waals surface area contributed by atoms with Crippen LogP contribution in [0.3, 0.4) is 0 Å². The molecule has 7 nitrogen and oxygen atoms in total. The highest BCUT2D eigenvalue weighted by molar-refractivity contribution is 5.99. The van der Waals surface area contributed by atoms with Gasteiger partial charge < -0.3 is 5.11 Å². The molecule has 0 radical (unpaired) electrons. The predicted octanol–water partition coefficient (Wildman–Crippen LogP) is 0.730. The number of rotatable bonds is 1. The molecule has 1 unspecified atom stereocenters. The van der Waals surface area contributed by atoms with Crippen LogP contribution >= 0.6 is 0 Å². The quantitative estimate of drug-likeness (QED) is 0.784. The summed E-state index contributed by atoms with van der Waals surface area (Å²) in [4.78, 5) is 41.5. The highest BCUT2D eigenvalue weighted by Crippen LogP contribution is 2.26. The predicted molar refractivity (Wildman–Crippen MR) is 78.5 cm³/mol. The zero-order valence-corrected chi connectivity index (χ0v) is 12.2. The van der Waals surface area contributed by atoms with Gasteiger partial charge in [-0.1, -0.05) is 12.1 Å². The van der Waals surface area contributed by atoms with Crippen LogP contribution in [-0.2, 0) is 9.59 Å². The van der Waals surface area contributed by atoms with Crippen LogP contribution in [0.25, 0.3) is 10.9 Å². The lowest BCUT2D eigenvalue weighted by Crippen LogP contribution is -2.45. The molecule has 114 valence electrons. The molecule has 22 heavy (non-hydrogen) atoms. The van der Waals surface area contributed by atoms with E-state index in [0.717, 1.165) is 15.0 Å². The minimum absolute atomic E-state index is 0.143. The Morgan fingerprint density at radius 3 is 2.73 bits per heavy atom. The summed E-state index contributed by atoms with van der Waals surface area (Å²) in [7, 11) is 1.37. The second-order valence-corrected chi connectivity index (χ2v) is 5.40. The zero-order valence-electron chi connectivity index (χ0n) is 12.2. The van der Waals surface area contributed by atoms with Crippen LogP contribution in [0.15, 0.2) is 23.0 Å². The number of fused-ring (bicyclic) bond motifs is 1. The maximum Gasteiger partial charge on any atom is 0.297 e. The lowest BCUT2D eigenvalue weighted by molar-refractivity contribution is -0.149. The number of imide groups is 1. The largest absolute Gasteiger partial charge is 0.480 e. The number of aromatic hydroxyl groups is 1. The van der Waals surface area contributed by atoms with Gasteiger partial charge >= 0.3 is 0 Å². The Kier molecular flexibility index (Phi) is 3.20. The lowest BCUT2D eigenvalue weighted by atomic mass is 10.0. The Morgan fingerprint density at radius 2 is 2.00 bits per heavy atom. The number of hydrogen-bond acceptors (Lipinski definition) is 5. The average molecular weight is 301 g/mol. The van der Waals surface area contributed by atoms with E-state index in [1.807, 2.05) is 0 Å². The number of piperidine rings is 1. The summed E-state index contributed by atoms with van der Waals surface area (Å²) in [6.45, 7) is 1.77.